The Morgan fingerprint density at radius 1 is 1.19 bits per heavy atom. The summed E-state index contributed by atoms with van der Waals surface area (Å²) in [4.78, 5) is 7.91. The number of fused-ring (bicyclic) bond motifs is 1. The minimum Gasteiger partial charge on any atom is -0.299 e. The van der Waals surface area contributed by atoms with Gasteiger partial charge in [-0.25, -0.2) is 0 Å². The van der Waals surface area contributed by atoms with Gasteiger partial charge >= 0.3 is 0 Å². The molecule has 2 nitrogen and oxygen atoms in total. The van der Waals surface area contributed by atoms with Crippen molar-refractivity contribution in [2.24, 2.45) is 10.4 Å². The van der Waals surface area contributed by atoms with Gasteiger partial charge in [-0.2, -0.15) is 0 Å². The average molecular weight is 280 g/mol. The lowest BCUT2D eigenvalue weighted by Gasteiger charge is -2.56. The van der Waals surface area contributed by atoms with Gasteiger partial charge in [0, 0.05) is 11.8 Å². The van der Waals surface area contributed by atoms with Crippen molar-refractivity contribution in [1.82, 2.24) is 4.90 Å². The fourth-order valence-electron chi connectivity index (χ4n) is 6.21. The van der Waals surface area contributed by atoms with Gasteiger partial charge in [0.25, 0.3) is 0 Å². The molecule has 4 aliphatic rings. The molecule has 1 aromatic carbocycles. The Bertz CT molecular complexity index is 634. The normalized spacial score (nSPS) is 40.4. The van der Waals surface area contributed by atoms with Crippen LogP contribution in [0.2, 0.25) is 0 Å². The van der Waals surface area contributed by atoms with Gasteiger partial charge in [-0.3, -0.25) is 9.89 Å². The van der Waals surface area contributed by atoms with E-state index in [0.29, 0.717) is 5.41 Å². The SMILES string of the molecule is CC[C@@]12CCCN3CCC4(C(=Nc5ccccc54)CC1)[C@H]32. The van der Waals surface area contributed by atoms with Crippen molar-refractivity contribution >= 4 is 11.4 Å². The van der Waals surface area contributed by atoms with Crippen LogP contribution in [0.1, 0.15) is 51.0 Å². The molecule has 1 spiro atoms. The standard InChI is InChI=1S/C19H24N2/c1-2-18-9-5-12-21-13-11-19(17(18)21)14-6-3-4-7-15(14)20-16(19)8-10-18/h3-4,6-7,17H,2,5,8-13H2,1H3/t17-,18-,19?/m1/s1. The highest BCUT2D eigenvalue weighted by Crippen LogP contribution is 2.62. The van der Waals surface area contributed by atoms with Crippen LogP contribution in [0.5, 0.6) is 0 Å². The maximum absolute atomic E-state index is 5.09. The van der Waals surface area contributed by atoms with E-state index in [0.717, 1.165) is 6.04 Å². The predicted molar refractivity (Wildman–Crippen MR) is 86.4 cm³/mol. The molecule has 2 heteroatoms. The molecule has 1 aromatic rings. The van der Waals surface area contributed by atoms with Crippen LogP contribution in [0.15, 0.2) is 29.3 Å². The van der Waals surface area contributed by atoms with Crippen LogP contribution < -0.4 is 0 Å². The molecule has 1 saturated carbocycles. The molecule has 0 radical (unpaired) electrons. The Hall–Kier alpha value is -1.15. The molecule has 1 aliphatic carbocycles. The molecule has 21 heavy (non-hydrogen) atoms. The molecule has 3 heterocycles. The van der Waals surface area contributed by atoms with Crippen LogP contribution in [0.3, 0.4) is 0 Å². The summed E-state index contributed by atoms with van der Waals surface area (Å²) >= 11 is 0. The van der Waals surface area contributed by atoms with E-state index in [4.69, 9.17) is 4.99 Å². The Morgan fingerprint density at radius 3 is 3.00 bits per heavy atom. The Kier molecular flexibility index (Phi) is 2.35. The van der Waals surface area contributed by atoms with E-state index in [9.17, 15) is 0 Å². The van der Waals surface area contributed by atoms with Crippen molar-refractivity contribution in [2.75, 3.05) is 13.1 Å². The van der Waals surface area contributed by atoms with Crippen molar-refractivity contribution in [2.45, 2.75) is 56.9 Å². The number of hydrogen-bond acceptors (Lipinski definition) is 2. The number of piperidine rings is 1. The fourth-order valence-corrected chi connectivity index (χ4v) is 6.21. The molecular weight excluding hydrogens is 256 g/mol. The molecule has 0 bridgehead atoms. The molecular formula is C19H24N2. The van der Waals surface area contributed by atoms with Crippen LogP contribution in [-0.4, -0.2) is 29.7 Å². The number of para-hydroxylation sites is 1. The Balaban J connectivity index is 1.75. The minimum atomic E-state index is 0.269. The second kappa shape index (κ2) is 3.98. The van der Waals surface area contributed by atoms with Crippen molar-refractivity contribution < 1.29 is 0 Å². The van der Waals surface area contributed by atoms with Gasteiger partial charge in [0.15, 0.2) is 0 Å². The summed E-state index contributed by atoms with van der Waals surface area (Å²) in [7, 11) is 0. The van der Waals surface area contributed by atoms with Crippen LogP contribution in [0.4, 0.5) is 5.69 Å². The molecule has 5 rings (SSSR count). The van der Waals surface area contributed by atoms with Crippen molar-refractivity contribution in [3.05, 3.63) is 29.8 Å². The topological polar surface area (TPSA) is 15.6 Å². The molecule has 0 amide bonds. The third-order valence-electron chi connectivity index (χ3n) is 7.04. The van der Waals surface area contributed by atoms with E-state index in [1.807, 2.05) is 0 Å². The third-order valence-corrected chi connectivity index (χ3v) is 7.04. The van der Waals surface area contributed by atoms with E-state index in [1.54, 1.807) is 5.56 Å². The van der Waals surface area contributed by atoms with Gasteiger partial charge in [0.05, 0.1) is 11.1 Å². The highest BCUT2D eigenvalue weighted by Gasteiger charge is 2.64. The molecule has 0 N–H and O–H groups in total. The zero-order chi connectivity index (χ0) is 14.1. The molecule has 3 fully saturated rings. The Morgan fingerprint density at radius 2 is 2.10 bits per heavy atom. The largest absolute Gasteiger partial charge is 0.299 e. The average Bonchev–Trinajstić information content (AvgIpc) is 3.08. The summed E-state index contributed by atoms with van der Waals surface area (Å²) in [5.41, 5.74) is 5.15. The van der Waals surface area contributed by atoms with E-state index in [1.165, 1.54) is 63.0 Å². The lowest BCUT2D eigenvalue weighted by molar-refractivity contribution is 0.00462. The highest BCUT2D eigenvalue weighted by atomic mass is 15.2. The van der Waals surface area contributed by atoms with Crippen LogP contribution in [-0.2, 0) is 5.41 Å². The summed E-state index contributed by atoms with van der Waals surface area (Å²) < 4.78 is 0. The maximum Gasteiger partial charge on any atom is 0.0671 e. The number of rotatable bonds is 1. The van der Waals surface area contributed by atoms with Crippen LogP contribution >= 0.6 is 0 Å². The third kappa shape index (κ3) is 1.31. The molecule has 0 aromatic heterocycles. The van der Waals surface area contributed by atoms with Gasteiger partial charge in [0.1, 0.15) is 0 Å². The molecule has 1 unspecified atom stereocenters. The van der Waals surface area contributed by atoms with Gasteiger partial charge in [-0.15, -0.1) is 0 Å². The van der Waals surface area contributed by atoms with E-state index in [2.05, 4.69) is 36.1 Å². The minimum absolute atomic E-state index is 0.269. The number of aliphatic imine (C=N–C) groups is 1. The summed E-state index contributed by atoms with van der Waals surface area (Å²) in [6.45, 7) is 5.02. The molecule has 3 atom stereocenters. The number of benzene rings is 1. The number of hydrogen-bond donors (Lipinski definition) is 0. The van der Waals surface area contributed by atoms with Crippen molar-refractivity contribution in [3.8, 4) is 0 Å². The van der Waals surface area contributed by atoms with Crippen molar-refractivity contribution in [1.29, 1.82) is 0 Å². The molecule has 3 aliphatic heterocycles. The molecule has 2 saturated heterocycles. The first-order chi connectivity index (χ1) is 10.3. The predicted octanol–water partition coefficient (Wildman–Crippen LogP) is 4.07. The second-order valence-electron chi connectivity index (χ2n) is 7.55. The fraction of sp³-hybridized carbons (Fsp3) is 0.632. The van der Waals surface area contributed by atoms with Gasteiger partial charge in [-0.05, 0) is 68.7 Å². The first-order valence-corrected chi connectivity index (χ1v) is 8.72. The summed E-state index contributed by atoms with van der Waals surface area (Å²) in [5, 5.41) is 0. The van der Waals surface area contributed by atoms with Crippen molar-refractivity contribution in [3.63, 3.8) is 0 Å². The second-order valence-corrected chi connectivity index (χ2v) is 7.55. The van der Waals surface area contributed by atoms with Gasteiger partial charge < -0.3 is 0 Å². The summed E-state index contributed by atoms with van der Waals surface area (Å²) in [5.74, 6) is 0. The van der Waals surface area contributed by atoms with E-state index >= 15 is 0 Å². The lowest BCUT2D eigenvalue weighted by Crippen LogP contribution is -2.61. The summed E-state index contributed by atoms with van der Waals surface area (Å²) in [6, 6.07) is 9.70. The first kappa shape index (κ1) is 12.4. The zero-order valence-corrected chi connectivity index (χ0v) is 12.9. The maximum atomic E-state index is 5.09. The lowest BCUT2D eigenvalue weighted by atomic mass is 9.53. The van der Waals surface area contributed by atoms with Gasteiger partial charge in [-0.1, -0.05) is 25.1 Å². The quantitative estimate of drug-likeness (QED) is 0.757. The molecule has 110 valence electrons. The first-order valence-electron chi connectivity index (χ1n) is 8.72. The number of nitrogens with zero attached hydrogens (tertiary/aromatic N) is 2. The monoisotopic (exact) mass is 280 g/mol. The zero-order valence-electron chi connectivity index (χ0n) is 12.9. The van der Waals surface area contributed by atoms with Crippen LogP contribution in [0, 0.1) is 5.41 Å². The summed E-state index contributed by atoms with van der Waals surface area (Å²) in [6.07, 6.45) is 8.06. The Labute approximate surface area is 127 Å². The smallest absolute Gasteiger partial charge is 0.0671 e. The van der Waals surface area contributed by atoms with E-state index in [-0.39, 0.29) is 5.41 Å². The van der Waals surface area contributed by atoms with Crippen LogP contribution in [0.25, 0.3) is 0 Å². The highest BCUT2D eigenvalue weighted by molar-refractivity contribution is 6.03. The van der Waals surface area contributed by atoms with E-state index < -0.39 is 0 Å². The van der Waals surface area contributed by atoms with Gasteiger partial charge in [0.2, 0.25) is 0 Å².